The second kappa shape index (κ2) is 6.22. The summed E-state index contributed by atoms with van der Waals surface area (Å²) in [4.78, 5) is 2.11. The van der Waals surface area contributed by atoms with Crippen molar-refractivity contribution >= 4 is 17.3 Å². The van der Waals surface area contributed by atoms with Crippen molar-refractivity contribution in [3.8, 4) is 5.75 Å². The maximum absolute atomic E-state index is 5.58. The monoisotopic (exact) mass is 304 g/mol. The number of para-hydroxylation sites is 1. The lowest BCUT2D eigenvalue weighted by atomic mass is 9.95. The summed E-state index contributed by atoms with van der Waals surface area (Å²) in [7, 11) is 3.76. The molecule has 2 fully saturated rings. The van der Waals surface area contributed by atoms with Gasteiger partial charge in [0.1, 0.15) is 5.75 Å². The van der Waals surface area contributed by atoms with Gasteiger partial charge in [-0.15, -0.1) is 0 Å². The lowest BCUT2D eigenvalue weighted by Gasteiger charge is -2.29. The van der Waals surface area contributed by atoms with Gasteiger partial charge >= 0.3 is 0 Å². The second-order valence-electron chi connectivity index (χ2n) is 6.40. The fourth-order valence-corrected chi connectivity index (χ4v) is 4.07. The molecule has 1 aromatic carbocycles. The standard InChI is InChI=1S/C17H24N2OS/c1-19(11-14-5-3-4-6-16(14)20-2)17(21)18-15-10-12-7-8-13(15)9-12/h3-6,12-13,15H,7-11H2,1-2H3,(H,18,21)/t12-,13-,15+/m1/s1. The third-order valence-corrected chi connectivity index (χ3v) is 5.42. The number of nitrogens with one attached hydrogen (secondary N) is 1. The fourth-order valence-electron chi connectivity index (χ4n) is 3.85. The van der Waals surface area contributed by atoms with E-state index in [1.165, 1.54) is 31.2 Å². The molecule has 2 aliphatic carbocycles. The van der Waals surface area contributed by atoms with Gasteiger partial charge in [0.25, 0.3) is 0 Å². The van der Waals surface area contributed by atoms with E-state index >= 15 is 0 Å². The predicted octanol–water partition coefficient (Wildman–Crippen LogP) is 3.19. The van der Waals surface area contributed by atoms with Crippen molar-refractivity contribution in [2.75, 3.05) is 14.2 Å². The molecule has 0 radical (unpaired) electrons. The Labute approximate surface area is 132 Å². The van der Waals surface area contributed by atoms with Gasteiger partial charge in [0.05, 0.1) is 7.11 Å². The zero-order chi connectivity index (χ0) is 14.8. The smallest absolute Gasteiger partial charge is 0.169 e. The van der Waals surface area contributed by atoms with Crippen LogP contribution in [0, 0.1) is 11.8 Å². The molecule has 0 aliphatic heterocycles. The van der Waals surface area contributed by atoms with Crippen LogP contribution in [0.1, 0.15) is 31.2 Å². The minimum absolute atomic E-state index is 0.594. The second-order valence-corrected chi connectivity index (χ2v) is 6.79. The van der Waals surface area contributed by atoms with Crippen LogP contribution in [0.3, 0.4) is 0 Å². The average Bonchev–Trinajstić information content (AvgIpc) is 3.10. The molecule has 0 spiro atoms. The first-order chi connectivity index (χ1) is 10.2. The zero-order valence-corrected chi connectivity index (χ0v) is 13.7. The van der Waals surface area contributed by atoms with Crippen molar-refractivity contribution in [2.24, 2.45) is 11.8 Å². The van der Waals surface area contributed by atoms with Crippen LogP contribution < -0.4 is 10.1 Å². The third-order valence-electron chi connectivity index (χ3n) is 4.99. The summed E-state index contributed by atoms with van der Waals surface area (Å²) < 4.78 is 5.41. The van der Waals surface area contributed by atoms with E-state index in [9.17, 15) is 0 Å². The zero-order valence-electron chi connectivity index (χ0n) is 12.8. The van der Waals surface area contributed by atoms with Gasteiger partial charge in [-0.3, -0.25) is 0 Å². The van der Waals surface area contributed by atoms with Crippen LogP contribution in [0.2, 0.25) is 0 Å². The minimum atomic E-state index is 0.594. The number of methoxy groups -OCH3 is 1. The number of nitrogens with zero attached hydrogens (tertiary/aromatic N) is 1. The minimum Gasteiger partial charge on any atom is -0.496 e. The van der Waals surface area contributed by atoms with Gasteiger partial charge in [-0.2, -0.15) is 0 Å². The molecule has 2 saturated carbocycles. The molecule has 0 aromatic heterocycles. The van der Waals surface area contributed by atoms with E-state index in [0.29, 0.717) is 6.04 Å². The normalized spacial score (nSPS) is 26.7. The molecule has 1 aromatic rings. The van der Waals surface area contributed by atoms with Crippen LogP contribution in [-0.4, -0.2) is 30.2 Å². The van der Waals surface area contributed by atoms with Gasteiger partial charge in [0.2, 0.25) is 0 Å². The Morgan fingerprint density at radius 1 is 1.33 bits per heavy atom. The van der Waals surface area contributed by atoms with E-state index in [1.54, 1.807) is 7.11 Å². The molecule has 0 heterocycles. The highest BCUT2D eigenvalue weighted by Gasteiger charge is 2.39. The van der Waals surface area contributed by atoms with Crippen molar-refractivity contribution in [3.05, 3.63) is 29.8 Å². The SMILES string of the molecule is COc1ccccc1CN(C)C(=S)N[C@H]1C[C@@H]2CC[C@@H]1C2. The van der Waals surface area contributed by atoms with Crippen LogP contribution in [0.4, 0.5) is 0 Å². The number of ether oxygens (including phenoxy) is 1. The average molecular weight is 304 g/mol. The molecule has 3 nitrogen and oxygen atoms in total. The van der Waals surface area contributed by atoms with Crippen molar-refractivity contribution < 1.29 is 4.74 Å². The van der Waals surface area contributed by atoms with Crippen molar-refractivity contribution in [2.45, 2.75) is 38.3 Å². The van der Waals surface area contributed by atoms with Crippen molar-refractivity contribution in [1.29, 1.82) is 0 Å². The summed E-state index contributed by atoms with van der Waals surface area (Å²) in [5.41, 5.74) is 1.17. The van der Waals surface area contributed by atoms with Gasteiger partial charge in [-0.25, -0.2) is 0 Å². The molecular weight excluding hydrogens is 280 g/mol. The van der Waals surface area contributed by atoms with Crippen LogP contribution in [0.5, 0.6) is 5.75 Å². The first-order valence-corrected chi connectivity index (χ1v) is 8.21. The summed E-state index contributed by atoms with van der Waals surface area (Å²) >= 11 is 5.58. The Morgan fingerprint density at radius 3 is 2.81 bits per heavy atom. The Morgan fingerprint density at radius 2 is 2.14 bits per heavy atom. The molecule has 0 amide bonds. The molecule has 2 bridgehead atoms. The molecule has 0 saturated heterocycles. The predicted molar refractivity (Wildman–Crippen MR) is 89.4 cm³/mol. The highest BCUT2D eigenvalue weighted by atomic mass is 32.1. The molecule has 3 atom stereocenters. The number of hydrogen-bond acceptors (Lipinski definition) is 2. The highest BCUT2D eigenvalue weighted by molar-refractivity contribution is 7.80. The first kappa shape index (κ1) is 14.6. The topological polar surface area (TPSA) is 24.5 Å². The van der Waals surface area contributed by atoms with Gasteiger partial charge in [0.15, 0.2) is 5.11 Å². The number of thiocarbonyl (C=S) groups is 1. The summed E-state index contributed by atoms with van der Waals surface area (Å²) in [6.45, 7) is 0.774. The van der Waals surface area contributed by atoms with Gasteiger partial charge < -0.3 is 15.0 Å². The summed E-state index contributed by atoms with van der Waals surface area (Å²) in [5, 5.41) is 4.44. The Balaban J connectivity index is 1.57. The van der Waals surface area contributed by atoms with Gasteiger partial charge in [-0.1, -0.05) is 24.6 Å². The molecule has 114 valence electrons. The molecule has 21 heavy (non-hydrogen) atoms. The molecule has 1 N–H and O–H groups in total. The number of hydrogen-bond donors (Lipinski definition) is 1. The Bertz CT molecular complexity index is 519. The van der Waals surface area contributed by atoms with E-state index in [1.807, 2.05) is 18.2 Å². The van der Waals surface area contributed by atoms with E-state index in [0.717, 1.165) is 29.2 Å². The fraction of sp³-hybridized carbons (Fsp3) is 0.588. The van der Waals surface area contributed by atoms with Crippen LogP contribution in [0.25, 0.3) is 0 Å². The molecule has 4 heteroatoms. The van der Waals surface area contributed by atoms with Crippen LogP contribution in [-0.2, 0) is 6.54 Å². The number of fused-ring (bicyclic) bond motifs is 2. The quantitative estimate of drug-likeness (QED) is 0.864. The summed E-state index contributed by atoms with van der Waals surface area (Å²) in [6, 6.07) is 8.72. The maximum atomic E-state index is 5.58. The largest absolute Gasteiger partial charge is 0.496 e. The first-order valence-electron chi connectivity index (χ1n) is 7.81. The number of benzene rings is 1. The molecule has 2 aliphatic rings. The highest BCUT2D eigenvalue weighted by Crippen LogP contribution is 2.44. The molecule has 3 rings (SSSR count). The lowest BCUT2D eigenvalue weighted by molar-refractivity contribution is 0.368. The van der Waals surface area contributed by atoms with Crippen LogP contribution in [0.15, 0.2) is 24.3 Å². The summed E-state index contributed by atoms with van der Waals surface area (Å²) in [5.74, 6) is 2.70. The van der Waals surface area contributed by atoms with Crippen LogP contribution >= 0.6 is 12.2 Å². The summed E-state index contributed by atoms with van der Waals surface area (Å²) in [6.07, 6.45) is 5.50. The van der Waals surface area contributed by atoms with E-state index < -0.39 is 0 Å². The Hall–Kier alpha value is -1.29. The molecular formula is C17H24N2OS. The van der Waals surface area contributed by atoms with Crippen molar-refractivity contribution in [1.82, 2.24) is 10.2 Å². The van der Waals surface area contributed by atoms with Gasteiger partial charge in [0, 0.05) is 25.2 Å². The maximum Gasteiger partial charge on any atom is 0.169 e. The Kier molecular flexibility index (Phi) is 4.34. The van der Waals surface area contributed by atoms with E-state index in [4.69, 9.17) is 17.0 Å². The van der Waals surface area contributed by atoms with Crippen molar-refractivity contribution in [3.63, 3.8) is 0 Å². The molecule has 0 unspecified atom stereocenters. The van der Waals surface area contributed by atoms with Gasteiger partial charge in [-0.05, 0) is 49.4 Å². The number of rotatable bonds is 4. The van der Waals surface area contributed by atoms with E-state index in [2.05, 4.69) is 23.3 Å². The lowest BCUT2D eigenvalue weighted by Crippen LogP contribution is -2.44. The third kappa shape index (κ3) is 3.15. The van der Waals surface area contributed by atoms with E-state index in [-0.39, 0.29) is 0 Å².